The summed E-state index contributed by atoms with van der Waals surface area (Å²) in [5.41, 5.74) is 2.64. The number of aromatic nitrogens is 1. The van der Waals surface area contributed by atoms with E-state index in [1.807, 2.05) is 6.92 Å². The number of hydrogen-bond acceptors (Lipinski definition) is 4. The number of amides is 2. The average Bonchev–Trinajstić information content (AvgIpc) is 2.76. The number of hydrogen-bond donors (Lipinski definition) is 2. The predicted molar refractivity (Wildman–Crippen MR) is 118 cm³/mol. The van der Waals surface area contributed by atoms with E-state index in [1.54, 1.807) is 54.7 Å². The highest BCUT2D eigenvalue weighted by molar-refractivity contribution is 5.95. The first kappa shape index (κ1) is 22.0. The number of ketones is 1. The maximum absolute atomic E-state index is 15.5. The second-order valence-electron chi connectivity index (χ2n) is 6.97. The molecule has 0 unspecified atom stereocenters. The molecule has 7 heteroatoms. The summed E-state index contributed by atoms with van der Waals surface area (Å²) in [6, 6.07) is 13.3. The Labute approximate surface area is 180 Å². The minimum Gasteiger partial charge on any atom is -0.496 e. The van der Waals surface area contributed by atoms with Crippen molar-refractivity contribution in [3.8, 4) is 16.9 Å². The lowest BCUT2D eigenvalue weighted by molar-refractivity contribution is 0.101. The SMILES string of the molecule is CCNC(=O)Nc1ccc(Cc2ccc(OC)c(-c3cccc(C(C)=O)c3)c2F)cn1. The van der Waals surface area contributed by atoms with E-state index < -0.39 is 5.82 Å². The molecule has 0 atom stereocenters. The fraction of sp³-hybridized carbons (Fsp3) is 0.208. The maximum atomic E-state index is 15.5. The lowest BCUT2D eigenvalue weighted by atomic mass is 9.96. The minimum atomic E-state index is -0.412. The Hall–Kier alpha value is -3.74. The molecule has 2 amide bonds. The van der Waals surface area contributed by atoms with Crippen molar-refractivity contribution in [2.24, 2.45) is 0 Å². The Balaban J connectivity index is 1.90. The van der Waals surface area contributed by atoms with Gasteiger partial charge in [0.15, 0.2) is 5.78 Å². The van der Waals surface area contributed by atoms with Crippen molar-refractivity contribution in [2.75, 3.05) is 19.0 Å². The standard InChI is InChI=1S/C24H24FN3O3/c1-4-26-24(30)28-21-11-8-16(14-27-21)12-19-9-10-20(31-3)22(23(19)25)18-7-5-6-17(13-18)15(2)29/h5-11,13-14H,4,12H2,1-3H3,(H2,26,27,28,30). The molecule has 0 fully saturated rings. The second kappa shape index (κ2) is 9.84. The van der Waals surface area contributed by atoms with Gasteiger partial charge in [-0.25, -0.2) is 14.2 Å². The van der Waals surface area contributed by atoms with Gasteiger partial charge in [0.2, 0.25) is 0 Å². The van der Waals surface area contributed by atoms with E-state index in [0.29, 0.717) is 46.8 Å². The minimum absolute atomic E-state index is 0.0928. The monoisotopic (exact) mass is 421 g/mol. The van der Waals surface area contributed by atoms with Gasteiger partial charge in [0, 0.05) is 24.7 Å². The molecule has 2 N–H and O–H groups in total. The normalized spacial score (nSPS) is 10.5. The van der Waals surface area contributed by atoms with E-state index in [-0.39, 0.29) is 11.8 Å². The molecule has 1 heterocycles. The maximum Gasteiger partial charge on any atom is 0.320 e. The molecule has 2 aromatic carbocycles. The molecule has 0 aliphatic heterocycles. The van der Waals surface area contributed by atoms with Gasteiger partial charge in [0.1, 0.15) is 17.4 Å². The zero-order valence-electron chi connectivity index (χ0n) is 17.7. The number of nitrogens with zero attached hydrogens (tertiary/aromatic N) is 1. The van der Waals surface area contributed by atoms with Crippen LogP contribution in [0.15, 0.2) is 54.7 Å². The molecule has 1 aromatic heterocycles. The molecular formula is C24H24FN3O3. The smallest absolute Gasteiger partial charge is 0.320 e. The lowest BCUT2D eigenvalue weighted by Gasteiger charge is -2.14. The average molecular weight is 421 g/mol. The summed E-state index contributed by atoms with van der Waals surface area (Å²) in [5.74, 6) is 0.294. The highest BCUT2D eigenvalue weighted by atomic mass is 19.1. The van der Waals surface area contributed by atoms with Crippen molar-refractivity contribution in [2.45, 2.75) is 20.3 Å². The third-order valence-corrected chi connectivity index (χ3v) is 4.76. The van der Waals surface area contributed by atoms with Gasteiger partial charge in [-0.1, -0.05) is 30.3 Å². The van der Waals surface area contributed by atoms with E-state index >= 15 is 4.39 Å². The predicted octanol–water partition coefficient (Wildman–Crippen LogP) is 4.83. The third kappa shape index (κ3) is 5.25. The van der Waals surface area contributed by atoms with E-state index in [1.165, 1.54) is 14.0 Å². The number of carbonyl (C=O) groups excluding carboxylic acids is 2. The largest absolute Gasteiger partial charge is 0.496 e. The Morgan fingerprint density at radius 2 is 1.94 bits per heavy atom. The summed E-state index contributed by atoms with van der Waals surface area (Å²) in [6.07, 6.45) is 1.91. The Bertz CT molecular complexity index is 1100. The number of ether oxygens (including phenoxy) is 1. The van der Waals surface area contributed by atoms with Gasteiger partial charge in [-0.2, -0.15) is 0 Å². The first-order valence-electron chi connectivity index (χ1n) is 9.89. The number of pyridine rings is 1. The van der Waals surface area contributed by atoms with Crippen LogP contribution >= 0.6 is 0 Å². The number of carbonyl (C=O) groups is 2. The molecule has 0 aliphatic carbocycles. The number of anilines is 1. The molecule has 0 saturated carbocycles. The molecule has 3 rings (SSSR count). The van der Waals surface area contributed by atoms with Crippen LogP contribution in [0.4, 0.5) is 15.0 Å². The molecule has 160 valence electrons. The molecule has 0 aliphatic rings. The van der Waals surface area contributed by atoms with Crippen LogP contribution in [0.5, 0.6) is 5.75 Å². The molecule has 0 bridgehead atoms. The zero-order valence-corrected chi connectivity index (χ0v) is 17.7. The van der Waals surface area contributed by atoms with E-state index in [9.17, 15) is 9.59 Å². The number of Topliss-reactive ketones (excluding diaryl/α,β-unsaturated/α-hetero) is 1. The van der Waals surface area contributed by atoms with Crippen LogP contribution in [0.3, 0.4) is 0 Å². The van der Waals surface area contributed by atoms with E-state index in [2.05, 4.69) is 15.6 Å². The molecular weight excluding hydrogens is 397 g/mol. The van der Waals surface area contributed by atoms with Crippen LogP contribution < -0.4 is 15.4 Å². The van der Waals surface area contributed by atoms with Crippen molar-refractivity contribution in [1.29, 1.82) is 0 Å². The topological polar surface area (TPSA) is 80.3 Å². The van der Waals surface area contributed by atoms with Gasteiger partial charge >= 0.3 is 6.03 Å². The van der Waals surface area contributed by atoms with Crippen LogP contribution in [-0.2, 0) is 6.42 Å². The number of nitrogens with one attached hydrogen (secondary N) is 2. The van der Waals surface area contributed by atoms with Crippen molar-refractivity contribution in [3.05, 3.63) is 77.2 Å². The van der Waals surface area contributed by atoms with Gasteiger partial charge in [0.25, 0.3) is 0 Å². The second-order valence-corrected chi connectivity index (χ2v) is 6.97. The van der Waals surface area contributed by atoms with Crippen molar-refractivity contribution in [1.82, 2.24) is 10.3 Å². The van der Waals surface area contributed by atoms with E-state index in [4.69, 9.17) is 4.74 Å². The van der Waals surface area contributed by atoms with Crippen LogP contribution in [0.25, 0.3) is 11.1 Å². The first-order chi connectivity index (χ1) is 14.9. The van der Waals surface area contributed by atoms with Crippen molar-refractivity contribution >= 4 is 17.6 Å². The summed E-state index contributed by atoms with van der Waals surface area (Å²) in [4.78, 5) is 27.5. The molecule has 0 spiro atoms. The van der Waals surface area contributed by atoms with E-state index in [0.717, 1.165) is 5.56 Å². The summed E-state index contributed by atoms with van der Waals surface area (Å²) >= 11 is 0. The third-order valence-electron chi connectivity index (χ3n) is 4.76. The fourth-order valence-electron chi connectivity index (χ4n) is 3.21. The van der Waals surface area contributed by atoms with Crippen LogP contribution in [0, 0.1) is 5.82 Å². The summed E-state index contributed by atoms with van der Waals surface area (Å²) in [5, 5.41) is 5.25. The Morgan fingerprint density at radius 3 is 2.58 bits per heavy atom. The number of benzene rings is 2. The highest BCUT2D eigenvalue weighted by Crippen LogP contribution is 2.35. The zero-order chi connectivity index (χ0) is 22.4. The van der Waals surface area contributed by atoms with Crippen LogP contribution in [-0.4, -0.2) is 30.5 Å². The molecule has 0 saturated heterocycles. The van der Waals surface area contributed by atoms with Crippen molar-refractivity contribution < 1.29 is 18.7 Å². The van der Waals surface area contributed by atoms with Crippen LogP contribution in [0.2, 0.25) is 0 Å². The van der Waals surface area contributed by atoms with Crippen LogP contribution in [0.1, 0.15) is 35.3 Å². The number of methoxy groups -OCH3 is 1. The van der Waals surface area contributed by atoms with Gasteiger partial charge in [-0.05, 0) is 48.7 Å². The number of halogens is 1. The fourth-order valence-corrected chi connectivity index (χ4v) is 3.21. The highest BCUT2D eigenvalue weighted by Gasteiger charge is 2.17. The van der Waals surface area contributed by atoms with Gasteiger partial charge in [-0.3, -0.25) is 10.1 Å². The molecule has 6 nitrogen and oxygen atoms in total. The summed E-state index contributed by atoms with van der Waals surface area (Å²) < 4.78 is 20.9. The Kier molecular flexibility index (Phi) is 6.97. The van der Waals surface area contributed by atoms with Gasteiger partial charge in [0.05, 0.1) is 12.7 Å². The summed E-state index contributed by atoms with van der Waals surface area (Å²) in [6.45, 7) is 3.81. The molecule has 0 radical (unpaired) electrons. The Morgan fingerprint density at radius 1 is 1.13 bits per heavy atom. The molecule has 3 aromatic rings. The molecule has 31 heavy (non-hydrogen) atoms. The lowest BCUT2D eigenvalue weighted by Crippen LogP contribution is -2.28. The number of urea groups is 1. The first-order valence-corrected chi connectivity index (χ1v) is 9.89. The summed E-state index contributed by atoms with van der Waals surface area (Å²) in [7, 11) is 1.48. The van der Waals surface area contributed by atoms with Gasteiger partial charge in [-0.15, -0.1) is 0 Å². The number of rotatable bonds is 7. The van der Waals surface area contributed by atoms with Crippen molar-refractivity contribution in [3.63, 3.8) is 0 Å². The quantitative estimate of drug-likeness (QED) is 0.536. The van der Waals surface area contributed by atoms with Gasteiger partial charge < -0.3 is 10.1 Å².